The molecule has 0 bridgehead atoms. The molecule has 0 saturated carbocycles. The number of carbonyl (C=O) groups excluding carboxylic acids is 1. The SMILES string of the molecule is CC(C)CC(=O)N1CC(C(=O)O)C(c2ccccc2)C1. The van der Waals surface area contributed by atoms with Crippen molar-refractivity contribution in [2.45, 2.75) is 26.2 Å². The molecule has 1 saturated heterocycles. The molecule has 108 valence electrons. The van der Waals surface area contributed by atoms with Gasteiger partial charge < -0.3 is 10.0 Å². The minimum Gasteiger partial charge on any atom is -0.481 e. The second-order valence-electron chi connectivity index (χ2n) is 5.86. The van der Waals surface area contributed by atoms with E-state index in [0.29, 0.717) is 25.4 Å². The monoisotopic (exact) mass is 275 g/mol. The summed E-state index contributed by atoms with van der Waals surface area (Å²) in [6, 6.07) is 9.61. The van der Waals surface area contributed by atoms with Crippen molar-refractivity contribution in [2.75, 3.05) is 13.1 Å². The Labute approximate surface area is 119 Å². The molecular weight excluding hydrogens is 254 g/mol. The first-order valence-electron chi connectivity index (χ1n) is 7.04. The molecule has 2 unspecified atom stereocenters. The standard InChI is InChI=1S/C16H21NO3/c1-11(2)8-15(18)17-9-13(14(10-17)16(19)20)12-6-4-3-5-7-12/h3-7,11,13-14H,8-10H2,1-2H3,(H,19,20). The predicted molar refractivity (Wildman–Crippen MR) is 76.3 cm³/mol. The fourth-order valence-corrected chi connectivity index (χ4v) is 2.77. The fraction of sp³-hybridized carbons (Fsp3) is 0.500. The van der Waals surface area contributed by atoms with Crippen molar-refractivity contribution < 1.29 is 14.7 Å². The summed E-state index contributed by atoms with van der Waals surface area (Å²) in [5.74, 6) is -1.08. The van der Waals surface area contributed by atoms with Crippen molar-refractivity contribution >= 4 is 11.9 Å². The number of hydrogen-bond acceptors (Lipinski definition) is 2. The summed E-state index contributed by atoms with van der Waals surface area (Å²) >= 11 is 0. The summed E-state index contributed by atoms with van der Waals surface area (Å²) in [6.45, 7) is 4.82. The highest BCUT2D eigenvalue weighted by atomic mass is 16.4. The Morgan fingerprint density at radius 3 is 2.45 bits per heavy atom. The number of rotatable bonds is 4. The first kappa shape index (κ1) is 14.6. The van der Waals surface area contributed by atoms with Crippen molar-refractivity contribution in [3.63, 3.8) is 0 Å². The number of amides is 1. The highest BCUT2D eigenvalue weighted by Crippen LogP contribution is 2.33. The van der Waals surface area contributed by atoms with Crippen LogP contribution in [0, 0.1) is 11.8 Å². The molecule has 1 aromatic carbocycles. The van der Waals surface area contributed by atoms with Crippen molar-refractivity contribution in [3.8, 4) is 0 Å². The molecule has 1 amide bonds. The maximum atomic E-state index is 12.1. The number of carboxylic acid groups (broad SMARTS) is 1. The Bertz CT molecular complexity index is 484. The van der Waals surface area contributed by atoms with Gasteiger partial charge in [0.25, 0.3) is 0 Å². The molecule has 0 aromatic heterocycles. The van der Waals surface area contributed by atoms with Gasteiger partial charge >= 0.3 is 5.97 Å². The molecule has 1 aliphatic rings. The lowest BCUT2D eigenvalue weighted by atomic mass is 9.89. The van der Waals surface area contributed by atoms with Gasteiger partial charge in [-0.25, -0.2) is 0 Å². The first-order valence-corrected chi connectivity index (χ1v) is 7.04. The minimum atomic E-state index is -0.821. The van der Waals surface area contributed by atoms with Gasteiger partial charge in [0.15, 0.2) is 0 Å². The Balaban J connectivity index is 2.16. The molecule has 2 atom stereocenters. The zero-order chi connectivity index (χ0) is 14.7. The molecule has 2 rings (SSSR count). The van der Waals surface area contributed by atoms with E-state index in [0.717, 1.165) is 5.56 Å². The summed E-state index contributed by atoms with van der Waals surface area (Å²) in [7, 11) is 0. The number of hydrogen-bond donors (Lipinski definition) is 1. The molecule has 1 aromatic rings. The molecule has 20 heavy (non-hydrogen) atoms. The number of nitrogens with zero attached hydrogens (tertiary/aromatic N) is 1. The summed E-state index contributed by atoms with van der Waals surface area (Å²) in [6.07, 6.45) is 0.480. The lowest BCUT2D eigenvalue weighted by Gasteiger charge is -2.17. The average Bonchev–Trinajstić information content (AvgIpc) is 2.84. The van der Waals surface area contributed by atoms with Gasteiger partial charge in [0, 0.05) is 25.4 Å². The van der Waals surface area contributed by atoms with Crippen LogP contribution in [0.4, 0.5) is 0 Å². The van der Waals surface area contributed by atoms with Gasteiger partial charge in [-0.05, 0) is 11.5 Å². The Kier molecular flexibility index (Phi) is 4.42. The molecule has 1 aliphatic heterocycles. The number of carboxylic acids is 1. The van der Waals surface area contributed by atoms with Crippen LogP contribution in [0.15, 0.2) is 30.3 Å². The number of likely N-dealkylation sites (tertiary alicyclic amines) is 1. The van der Waals surface area contributed by atoms with Crippen LogP contribution in [0.1, 0.15) is 31.7 Å². The van der Waals surface area contributed by atoms with Crippen LogP contribution in [-0.4, -0.2) is 35.0 Å². The quantitative estimate of drug-likeness (QED) is 0.917. The van der Waals surface area contributed by atoms with Gasteiger partial charge in [0.1, 0.15) is 0 Å². The van der Waals surface area contributed by atoms with E-state index in [1.807, 2.05) is 44.2 Å². The van der Waals surface area contributed by atoms with E-state index in [2.05, 4.69) is 0 Å². The van der Waals surface area contributed by atoms with E-state index in [-0.39, 0.29) is 11.8 Å². The molecule has 1 N–H and O–H groups in total. The second kappa shape index (κ2) is 6.07. The second-order valence-corrected chi connectivity index (χ2v) is 5.86. The van der Waals surface area contributed by atoms with Crippen molar-refractivity contribution in [1.29, 1.82) is 0 Å². The third-order valence-electron chi connectivity index (χ3n) is 3.80. The Hall–Kier alpha value is -1.84. The van der Waals surface area contributed by atoms with Gasteiger partial charge in [0.05, 0.1) is 5.92 Å². The maximum absolute atomic E-state index is 12.1. The van der Waals surface area contributed by atoms with Crippen LogP contribution in [0.3, 0.4) is 0 Å². The van der Waals surface area contributed by atoms with Gasteiger partial charge in [-0.2, -0.15) is 0 Å². The molecular formula is C16H21NO3. The van der Waals surface area contributed by atoms with E-state index >= 15 is 0 Å². The van der Waals surface area contributed by atoms with Crippen LogP contribution >= 0.6 is 0 Å². The first-order chi connectivity index (χ1) is 9.49. The van der Waals surface area contributed by atoms with Crippen LogP contribution in [0.25, 0.3) is 0 Å². The molecule has 0 spiro atoms. The third-order valence-corrected chi connectivity index (χ3v) is 3.80. The Morgan fingerprint density at radius 2 is 1.90 bits per heavy atom. The summed E-state index contributed by atoms with van der Waals surface area (Å²) in [5.41, 5.74) is 1.000. The van der Waals surface area contributed by atoms with E-state index in [1.54, 1.807) is 4.90 Å². The van der Waals surface area contributed by atoms with Gasteiger partial charge in [0.2, 0.25) is 5.91 Å². The summed E-state index contributed by atoms with van der Waals surface area (Å²) < 4.78 is 0. The smallest absolute Gasteiger partial charge is 0.308 e. The van der Waals surface area contributed by atoms with Crippen LogP contribution in [0.5, 0.6) is 0 Å². The highest BCUT2D eigenvalue weighted by Gasteiger charge is 2.40. The third kappa shape index (κ3) is 3.18. The lowest BCUT2D eigenvalue weighted by molar-refractivity contribution is -0.141. The largest absolute Gasteiger partial charge is 0.481 e. The van der Waals surface area contributed by atoms with Crippen LogP contribution in [-0.2, 0) is 9.59 Å². The Morgan fingerprint density at radius 1 is 1.25 bits per heavy atom. The maximum Gasteiger partial charge on any atom is 0.308 e. The van der Waals surface area contributed by atoms with Crippen molar-refractivity contribution in [3.05, 3.63) is 35.9 Å². The highest BCUT2D eigenvalue weighted by molar-refractivity contribution is 5.79. The molecule has 0 aliphatic carbocycles. The lowest BCUT2D eigenvalue weighted by Crippen LogP contribution is -2.30. The molecule has 0 radical (unpaired) electrons. The summed E-state index contributed by atoms with van der Waals surface area (Å²) in [4.78, 5) is 25.3. The number of aliphatic carboxylic acids is 1. The van der Waals surface area contributed by atoms with Gasteiger partial charge in [-0.3, -0.25) is 9.59 Å². The van der Waals surface area contributed by atoms with E-state index in [9.17, 15) is 14.7 Å². The molecule has 1 heterocycles. The zero-order valence-corrected chi connectivity index (χ0v) is 12.0. The van der Waals surface area contributed by atoms with E-state index in [1.165, 1.54) is 0 Å². The average molecular weight is 275 g/mol. The number of carbonyl (C=O) groups is 2. The van der Waals surface area contributed by atoms with Crippen LogP contribution < -0.4 is 0 Å². The van der Waals surface area contributed by atoms with E-state index < -0.39 is 11.9 Å². The van der Waals surface area contributed by atoms with Crippen LogP contribution in [0.2, 0.25) is 0 Å². The molecule has 4 heteroatoms. The fourth-order valence-electron chi connectivity index (χ4n) is 2.77. The predicted octanol–water partition coefficient (Wildman–Crippen LogP) is 2.36. The minimum absolute atomic E-state index is 0.0599. The van der Waals surface area contributed by atoms with Crippen molar-refractivity contribution in [2.24, 2.45) is 11.8 Å². The molecule has 1 fully saturated rings. The van der Waals surface area contributed by atoms with Gasteiger partial charge in [-0.1, -0.05) is 44.2 Å². The van der Waals surface area contributed by atoms with Gasteiger partial charge in [-0.15, -0.1) is 0 Å². The topological polar surface area (TPSA) is 57.6 Å². The van der Waals surface area contributed by atoms with Crippen molar-refractivity contribution in [1.82, 2.24) is 4.90 Å². The van der Waals surface area contributed by atoms with E-state index in [4.69, 9.17) is 0 Å². The summed E-state index contributed by atoms with van der Waals surface area (Å²) in [5, 5.41) is 9.39. The normalized spacial score (nSPS) is 22.2. The molecule has 4 nitrogen and oxygen atoms in total. The number of benzene rings is 1. The zero-order valence-electron chi connectivity index (χ0n) is 12.0.